The minimum atomic E-state index is 0.413. The van der Waals surface area contributed by atoms with Crippen molar-refractivity contribution in [2.75, 3.05) is 13.1 Å². The summed E-state index contributed by atoms with van der Waals surface area (Å²) in [5.41, 5.74) is 6.91. The van der Waals surface area contributed by atoms with Gasteiger partial charge in [-0.2, -0.15) is 0 Å². The van der Waals surface area contributed by atoms with Crippen LogP contribution in [0.4, 0.5) is 0 Å². The molecule has 3 atom stereocenters. The third-order valence-electron chi connectivity index (χ3n) is 5.91. The first-order chi connectivity index (χ1) is 9.41. The van der Waals surface area contributed by atoms with Gasteiger partial charge in [0.05, 0.1) is 0 Å². The molecule has 1 aliphatic heterocycles. The second-order valence-electron chi connectivity index (χ2n) is 8.38. The van der Waals surface area contributed by atoms with Crippen molar-refractivity contribution in [1.82, 2.24) is 4.90 Å². The summed E-state index contributed by atoms with van der Waals surface area (Å²) in [7, 11) is 0. The Morgan fingerprint density at radius 3 is 2.25 bits per heavy atom. The molecule has 0 radical (unpaired) electrons. The van der Waals surface area contributed by atoms with E-state index >= 15 is 0 Å². The number of nitrogens with two attached hydrogens (primary N) is 1. The molecule has 2 nitrogen and oxygen atoms in total. The van der Waals surface area contributed by atoms with Crippen molar-refractivity contribution in [2.24, 2.45) is 23.0 Å². The highest BCUT2D eigenvalue weighted by molar-refractivity contribution is 4.93. The Balaban J connectivity index is 1.90. The van der Waals surface area contributed by atoms with E-state index in [1.54, 1.807) is 0 Å². The van der Waals surface area contributed by atoms with E-state index in [4.69, 9.17) is 5.73 Å². The van der Waals surface area contributed by atoms with Gasteiger partial charge >= 0.3 is 0 Å². The minimum absolute atomic E-state index is 0.413. The molecule has 118 valence electrons. The first-order valence-corrected chi connectivity index (χ1v) is 8.91. The minimum Gasteiger partial charge on any atom is -0.326 e. The van der Waals surface area contributed by atoms with Gasteiger partial charge in [-0.25, -0.2) is 0 Å². The fourth-order valence-electron chi connectivity index (χ4n) is 4.36. The van der Waals surface area contributed by atoms with E-state index in [1.165, 1.54) is 58.0 Å². The van der Waals surface area contributed by atoms with Gasteiger partial charge in [0, 0.05) is 12.1 Å². The molecule has 2 N–H and O–H groups in total. The maximum Gasteiger partial charge on any atom is 0.0250 e. The van der Waals surface area contributed by atoms with Crippen molar-refractivity contribution in [1.29, 1.82) is 0 Å². The molecule has 0 aromatic carbocycles. The molecule has 1 saturated carbocycles. The molecular weight excluding hydrogens is 244 g/mol. The molecule has 1 saturated heterocycles. The van der Waals surface area contributed by atoms with Crippen molar-refractivity contribution < 1.29 is 0 Å². The highest BCUT2D eigenvalue weighted by atomic mass is 15.2. The summed E-state index contributed by atoms with van der Waals surface area (Å²) in [6.45, 7) is 12.1. The highest BCUT2D eigenvalue weighted by Gasteiger charge is 2.37. The first kappa shape index (κ1) is 16.3. The predicted molar refractivity (Wildman–Crippen MR) is 87.8 cm³/mol. The van der Waals surface area contributed by atoms with E-state index in [1.807, 2.05) is 0 Å². The lowest BCUT2D eigenvalue weighted by molar-refractivity contribution is 0.0463. The van der Waals surface area contributed by atoms with Gasteiger partial charge in [0.2, 0.25) is 0 Å². The molecule has 0 aromatic heterocycles. The van der Waals surface area contributed by atoms with Crippen LogP contribution in [0.5, 0.6) is 0 Å². The number of nitrogens with zero attached hydrogens (tertiary/aromatic N) is 1. The Morgan fingerprint density at radius 1 is 1.05 bits per heavy atom. The number of hydrogen-bond donors (Lipinski definition) is 1. The molecule has 1 aliphatic carbocycles. The second-order valence-corrected chi connectivity index (χ2v) is 8.38. The van der Waals surface area contributed by atoms with Crippen LogP contribution in [-0.2, 0) is 0 Å². The van der Waals surface area contributed by atoms with Crippen LogP contribution in [-0.4, -0.2) is 30.1 Å². The molecule has 0 bridgehead atoms. The van der Waals surface area contributed by atoms with Crippen LogP contribution in [0.3, 0.4) is 0 Å². The van der Waals surface area contributed by atoms with E-state index < -0.39 is 0 Å². The Kier molecular flexibility index (Phi) is 5.53. The lowest BCUT2D eigenvalue weighted by Gasteiger charge is -2.47. The molecular formula is C18H36N2. The van der Waals surface area contributed by atoms with Gasteiger partial charge in [-0.15, -0.1) is 0 Å². The Labute approximate surface area is 126 Å². The lowest BCUT2D eigenvalue weighted by Crippen LogP contribution is -2.54. The van der Waals surface area contributed by atoms with Crippen LogP contribution in [0.2, 0.25) is 0 Å². The molecule has 3 unspecified atom stereocenters. The van der Waals surface area contributed by atoms with E-state index in [0.29, 0.717) is 17.5 Å². The predicted octanol–water partition coefficient (Wildman–Crippen LogP) is 4.04. The maximum atomic E-state index is 6.47. The zero-order valence-electron chi connectivity index (χ0n) is 14.2. The van der Waals surface area contributed by atoms with E-state index in [-0.39, 0.29) is 0 Å². The van der Waals surface area contributed by atoms with Crippen molar-refractivity contribution in [3.05, 3.63) is 0 Å². The average Bonchev–Trinajstić information content (AvgIpc) is 2.39. The monoisotopic (exact) mass is 280 g/mol. The molecule has 0 spiro atoms. The molecule has 1 heterocycles. The van der Waals surface area contributed by atoms with E-state index in [0.717, 1.165) is 11.8 Å². The van der Waals surface area contributed by atoms with Crippen LogP contribution in [0.25, 0.3) is 0 Å². The summed E-state index contributed by atoms with van der Waals surface area (Å²) in [5.74, 6) is 1.83. The average molecular weight is 281 g/mol. The van der Waals surface area contributed by atoms with E-state index in [2.05, 4.69) is 32.6 Å². The number of rotatable bonds is 3. The molecule has 20 heavy (non-hydrogen) atoms. The van der Waals surface area contributed by atoms with Crippen molar-refractivity contribution >= 4 is 0 Å². The quantitative estimate of drug-likeness (QED) is 0.845. The van der Waals surface area contributed by atoms with E-state index in [9.17, 15) is 0 Å². The van der Waals surface area contributed by atoms with Crippen LogP contribution in [0.1, 0.15) is 72.6 Å². The lowest BCUT2D eigenvalue weighted by atomic mass is 9.69. The summed E-state index contributed by atoms with van der Waals surface area (Å²) in [5, 5.41) is 0. The van der Waals surface area contributed by atoms with Crippen molar-refractivity contribution in [2.45, 2.75) is 84.7 Å². The largest absolute Gasteiger partial charge is 0.326 e. The third kappa shape index (κ3) is 3.98. The third-order valence-corrected chi connectivity index (χ3v) is 5.91. The summed E-state index contributed by atoms with van der Waals surface area (Å²) < 4.78 is 0. The zero-order valence-corrected chi connectivity index (χ0v) is 14.2. The van der Waals surface area contributed by atoms with Gasteiger partial charge in [0.25, 0.3) is 0 Å². The van der Waals surface area contributed by atoms with Crippen LogP contribution in [0.15, 0.2) is 0 Å². The zero-order chi connectivity index (χ0) is 14.8. The van der Waals surface area contributed by atoms with Crippen molar-refractivity contribution in [3.8, 4) is 0 Å². The van der Waals surface area contributed by atoms with Gasteiger partial charge in [-0.05, 0) is 62.4 Å². The molecule has 2 fully saturated rings. The normalized spacial score (nSPS) is 34.4. The fraction of sp³-hybridized carbons (Fsp3) is 1.00. The van der Waals surface area contributed by atoms with Crippen LogP contribution >= 0.6 is 0 Å². The van der Waals surface area contributed by atoms with Crippen molar-refractivity contribution in [3.63, 3.8) is 0 Å². The Morgan fingerprint density at radius 2 is 1.70 bits per heavy atom. The fourth-order valence-corrected chi connectivity index (χ4v) is 4.36. The Bertz CT molecular complexity index is 286. The number of likely N-dealkylation sites (tertiary alicyclic amines) is 1. The summed E-state index contributed by atoms with van der Waals surface area (Å²) in [6.07, 6.45) is 9.45. The van der Waals surface area contributed by atoms with Gasteiger partial charge in [0.15, 0.2) is 0 Å². The smallest absolute Gasteiger partial charge is 0.0250 e. The SMILES string of the molecule is CCCC1CCN(C2CC(C(C)(C)C)CCC2N)CC1. The molecule has 0 aromatic rings. The molecule has 2 rings (SSSR count). The summed E-state index contributed by atoms with van der Waals surface area (Å²) in [6, 6.07) is 1.06. The highest BCUT2D eigenvalue weighted by Crippen LogP contribution is 2.39. The van der Waals surface area contributed by atoms with Crippen LogP contribution in [0, 0.1) is 17.3 Å². The molecule has 0 amide bonds. The number of hydrogen-bond acceptors (Lipinski definition) is 2. The molecule has 2 heteroatoms. The summed E-state index contributed by atoms with van der Waals surface area (Å²) in [4.78, 5) is 2.73. The van der Waals surface area contributed by atoms with Gasteiger partial charge in [0.1, 0.15) is 0 Å². The van der Waals surface area contributed by atoms with Crippen LogP contribution < -0.4 is 5.73 Å². The molecule has 2 aliphatic rings. The second kappa shape index (κ2) is 6.79. The Hall–Kier alpha value is -0.0800. The van der Waals surface area contributed by atoms with Gasteiger partial charge in [-0.1, -0.05) is 40.5 Å². The first-order valence-electron chi connectivity index (χ1n) is 8.91. The van der Waals surface area contributed by atoms with Gasteiger partial charge in [-0.3, -0.25) is 4.90 Å². The summed E-state index contributed by atoms with van der Waals surface area (Å²) >= 11 is 0. The van der Waals surface area contributed by atoms with Gasteiger partial charge < -0.3 is 5.73 Å². The topological polar surface area (TPSA) is 29.3 Å². The maximum absolute atomic E-state index is 6.47. The standard InChI is InChI=1S/C18H36N2/c1-5-6-14-9-11-20(12-10-14)17-13-15(18(2,3)4)7-8-16(17)19/h14-17H,5-13,19H2,1-4H3. The number of piperidine rings is 1.